The quantitative estimate of drug-likeness (QED) is 0.395. The van der Waals surface area contributed by atoms with Crippen molar-refractivity contribution < 1.29 is 14.0 Å². The van der Waals surface area contributed by atoms with E-state index in [9.17, 15) is 9.59 Å². The lowest BCUT2D eigenvalue weighted by molar-refractivity contribution is -0.126. The van der Waals surface area contributed by atoms with Crippen LogP contribution in [0.15, 0.2) is 76.5 Å². The fourth-order valence-corrected chi connectivity index (χ4v) is 5.09. The molecule has 35 heavy (non-hydrogen) atoms. The molecule has 8 nitrogen and oxygen atoms in total. The number of anilines is 2. The SMILES string of the molecule is Cc1occc1-c1nnc(S[C@H](C)C(=O)N2c3ccccc3NC(=O)C2(C)C)n1-c1ccccc1. The number of aryl methyl sites for hydroxylation is 1. The number of carbonyl (C=O) groups excluding carboxylic acids is 2. The summed E-state index contributed by atoms with van der Waals surface area (Å²) in [7, 11) is 0. The van der Waals surface area contributed by atoms with Crippen LogP contribution in [0.3, 0.4) is 0 Å². The van der Waals surface area contributed by atoms with Gasteiger partial charge in [0.2, 0.25) is 11.8 Å². The molecule has 3 heterocycles. The maximum atomic E-state index is 13.8. The van der Waals surface area contributed by atoms with Crippen LogP contribution in [0.1, 0.15) is 26.5 Å². The average molecular weight is 488 g/mol. The van der Waals surface area contributed by atoms with E-state index in [0.717, 1.165) is 17.0 Å². The Morgan fingerprint density at radius 1 is 1.06 bits per heavy atom. The molecule has 0 radical (unpaired) electrons. The zero-order chi connectivity index (χ0) is 24.7. The molecule has 0 unspecified atom stereocenters. The van der Waals surface area contributed by atoms with E-state index in [4.69, 9.17) is 4.42 Å². The van der Waals surface area contributed by atoms with Crippen molar-refractivity contribution in [3.05, 3.63) is 72.7 Å². The number of rotatable bonds is 5. The van der Waals surface area contributed by atoms with Crippen LogP contribution in [0.25, 0.3) is 17.1 Å². The lowest BCUT2D eigenvalue weighted by Crippen LogP contribution is -2.60. The van der Waals surface area contributed by atoms with E-state index in [1.54, 1.807) is 31.1 Å². The molecule has 1 aliphatic rings. The predicted molar refractivity (Wildman–Crippen MR) is 136 cm³/mol. The largest absolute Gasteiger partial charge is 0.469 e. The second-order valence-corrected chi connectivity index (χ2v) is 10.1. The van der Waals surface area contributed by atoms with Gasteiger partial charge in [-0.25, -0.2) is 0 Å². The van der Waals surface area contributed by atoms with Gasteiger partial charge >= 0.3 is 0 Å². The maximum Gasteiger partial charge on any atom is 0.250 e. The summed E-state index contributed by atoms with van der Waals surface area (Å²) in [5.74, 6) is 0.943. The third-order valence-electron chi connectivity index (χ3n) is 6.11. The fourth-order valence-electron chi connectivity index (χ4n) is 4.18. The lowest BCUT2D eigenvalue weighted by atomic mass is 9.96. The van der Waals surface area contributed by atoms with Crippen LogP contribution in [0.4, 0.5) is 11.4 Å². The Bertz CT molecular complexity index is 1410. The summed E-state index contributed by atoms with van der Waals surface area (Å²) < 4.78 is 7.42. The van der Waals surface area contributed by atoms with Crippen LogP contribution in [0, 0.1) is 6.92 Å². The molecule has 1 aliphatic heterocycles. The van der Waals surface area contributed by atoms with E-state index in [1.165, 1.54) is 11.8 Å². The molecule has 2 amide bonds. The topological polar surface area (TPSA) is 93.3 Å². The normalized spacial score (nSPS) is 15.4. The monoisotopic (exact) mass is 487 g/mol. The first-order valence-corrected chi connectivity index (χ1v) is 12.1. The summed E-state index contributed by atoms with van der Waals surface area (Å²) in [6, 6.07) is 18.9. The Kier molecular flexibility index (Phi) is 5.72. The van der Waals surface area contributed by atoms with Gasteiger partial charge in [0.1, 0.15) is 11.3 Å². The number of thioether (sulfide) groups is 1. The van der Waals surface area contributed by atoms with Crippen LogP contribution < -0.4 is 10.2 Å². The molecule has 2 aromatic carbocycles. The molecule has 0 fully saturated rings. The number of para-hydroxylation sites is 3. The molecule has 5 rings (SSSR count). The van der Waals surface area contributed by atoms with Crippen molar-refractivity contribution in [1.82, 2.24) is 14.8 Å². The van der Waals surface area contributed by atoms with Crippen LogP contribution in [-0.4, -0.2) is 37.4 Å². The highest BCUT2D eigenvalue weighted by Crippen LogP contribution is 2.39. The summed E-state index contributed by atoms with van der Waals surface area (Å²) in [4.78, 5) is 28.2. The minimum absolute atomic E-state index is 0.189. The molecular weight excluding hydrogens is 462 g/mol. The minimum Gasteiger partial charge on any atom is -0.469 e. The first-order chi connectivity index (χ1) is 16.8. The van der Waals surface area contributed by atoms with Gasteiger partial charge in [0.25, 0.3) is 0 Å². The second-order valence-electron chi connectivity index (χ2n) is 8.83. The van der Waals surface area contributed by atoms with Crippen LogP contribution in [0.2, 0.25) is 0 Å². The molecule has 178 valence electrons. The zero-order valence-electron chi connectivity index (χ0n) is 19.9. The van der Waals surface area contributed by atoms with Crippen molar-refractivity contribution in [1.29, 1.82) is 0 Å². The standard InChI is InChI=1S/C26H25N5O3S/c1-16-19(14-15-34-16)22-28-29-25(30(22)18-10-6-5-7-11-18)35-17(2)23(32)31-21-13-9-8-12-20(21)27-24(33)26(31,3)4/h5-15,17H,1-4H3,(H,27,33)/t17-/m1/s1. The van der Waals surface area contributed by atoms with Crippen molar-refractivity contribution in [3.8, 4) is 17.1 Å². The molecule has 1 atom stereocenters. The Balaban J connectivity index is 1.53. The maximum absolute atomic E-state index is 13.8. The highest BCUT2D eigenvalue weighted by Gasteiger charge is 2.45. The van der Waals surface area contributed by atoms with Gasteiger partial charge in [-0.2, -0.15) is 0 Å². The number of aromatic nitrogens is 3. The number of hydrogen-bond donors (Lipinski definition) is 1. The highest BCUT2D eigenvalue weighted by atomic mass is 32.2. The first kappa shape index (κ1) is 22.9. The number of amides is 2. The van der Waals surface area contributed by atoms with Crippen molar-refractivity contribution in [3.63, 3.8) is 0 Å². The number of nitrogens with zero attached hydrogens (tertiary/aromatic N) is 4. The first-order valence-electron chi connectivity index (χ1n) is 11.3. The molecule has 0 bridgehead atoms. The minimum atomic E-state index is -1.05. The molecule has 4 aromatic rings. The summed E-state index contributed by atoms with van der Waals surface area (Å²) in [5, 5.41) is 11.8. The molecule has 9 heteroatoms. The average Bonchev–Trinajstić information content (AvgIpc) is 3.45. The van der Waals surface area contributed by atoms with Gasteiger partial charge in [0, 0.05) is 5.69 Å². The van der Waals surface area contributed by atoms with Gasteiger partial charge in [-0.05, 0) is 58.0 Å². The second kappa shape index (κ2) is 8.74. The molecule has 1 N–H and O–H groups in total. The number of furan rings is 1. The van der Waals surface area contributed by atoms with Gasteiger partial charge < -0.3 is 9.73 Å². The summed E-state index contributed by atoms with van der Waals surface area (Å²) in [6.45, 7) is 7.20. The molecule has 2 aromatic heterocycles. The van der Waals surface area contributed by atoms with Crippen LogP contribution in [-0.2, 0) is 9.59 Å². The summed E-state index contributed by atoms with van der Waals surface area (Å²) in [5.41, 5.74) is 1.95. The van der Waals surface area contributed by atoms with E-state index in [0.29, 0.717) is 22.4 Å². The van der Waals surface area contributed by atoms with Gasteiger partial charge in [-0.15, -0.1) is 10.2 Å². The number of fused-ring (bicyclic) bond motifs is 1. The van der Waals surface area contributed by atoms with E-state index in [2.05, 4.69) is 15.5 Å². The highest BCUT2D eigenvalue weighted by molar-refractivity contribution is 8.00. The van der Waals surface area contributed by atoms with Gasteiger partial charge in [0.15, 0.2) is 11.0 Å². The smallest absolute Gasteiger partial charge is 0.250 e. The lowest BCUT2D eigenvalue weighted by Gasteiger charge is -2.43. The van der Waals surface area contributed by atoms with E-state index < -0.39 is 10.8 Å². The third-order valence-corrected chi connectivity index (χ3v) is 7.14. The summed E-state index contributed by atoms with van der Waals surface area (Å²) in [6.07, 6.45) is 1.62. The fraction of sp³-hybridized carbons (Fsp3) is 0.231. The number of hydrogen-bond acceptors (Lipinski definition) is 6. The van der Waals surface area contributed by atoms with Gasteiger partial charge in [0.05, 0.1) is 28.5 Å². The summed E-state index contributed by atoms with van der Waals surface area (Å²) >= 11 is 1.30. The predicted octanol–water partition coefficient (Wildman–Crippen LogP) is 5.08. The van der Waals surface area contributed by atoms with E-state index in [1.807, 2.05) is 73.0 Å². The molecule has 0 aliphatic carbocycles. The van der Waals surface area contributed by atoms with Crippen molar-refractivity contribution in [2.24, 2.45) is 0 Å². The Morgan fingerprint density at radius 2 is 1.77 bits per heavy atom. The molecule has 0 saturated heterocycles. The molecule has 0 saturated carbocycles. The van der Waals surface area contributed by atoms with Crippen LogP contribution in [0.5, 0.6) is 0 Å². The molecule has 0 spiro atoms. The Labute approximate surface area is 207 Å². The number of benzene rings is 2. The van der Waals surface area contributed by atoms with Gasteiger partial charge in [-0.1, -0.05) is 42.1 Å². The zero-order valence-corrected chi connectivity index (χ0v) is 20.7. The van der Waals surface area contributed by atoms with Gasteiger partial charge in [-0.3, -0.25) is 19.1 Å². The van der Waals surface area contributed by atoms with Crippen molar-refractivity contribution >= 4 is 35.0 Å². The molecular formula is C26H25N5O3S. The van der Waals surface area contributed by atoms with Crippen LogP contribution >= 0.6 is 11.8 Å². The third kappa shape index (κ3) is 3.91. The number of nitrogens with one attached hydrogen (secondary N) is 1. The van der Waals surface area contributed by atoms with E-state index >= 15 is 0 Å². The Hall–Kier alpha value is -3.85. The van der Waals surface area contributed by atoms with Crippen molar-refractivity contribution in [2.45, 2.75) is 43.6 Å². The van der Waals surface area contributed by atoms with Crippen molar-refractivity contribution in [2.75, 3.05) is 10.2 Å². The number of carbonyl (C=O) groups is 2. The van der Waals surface area contributed by atoms with E-state index in [-0.39, 0.29) is 11.8 Å². The Morgan fingerprint density at radius 3 is 2.49 bits per heavy atom.